The van der Waals surface area contributed by atoms with E-state index < -0.39 is 0 Å². The predicted octanol–water partition coefficient (Wildman–Crippen LogP) is 0.675. The van der Waals surface area contributed by atoms with Gasteiger partial charge in [-0.15, -0.1) is 0 Å². The van der Waals surface area contributed by atoms with Gasteiger partial charge in [0.05, 0.1) is 24.4 Å². The number of hydrogen-bond donors (Lipinski definition) is 1. The highest BCUT2D eigenvalue weighted by Crippen LogP contribution is 2.20. The second-order valence-electron chi connectivity index (χ2n) is 7.39. The smallest absolute Gasteiger partial charge is 0.255 e. The van der Waals surface area contributed by atoms with E-state index in [0.717, 1.165) is 49.7 Å². The largest absolute Gasteiger partial charge is 0.372 e. The van der Waals surface area contributed by atoms with Crippen LogP contribution in [0.4, 0.5) is 5.95 Å². The molecular weight excluding hydrogens is 332 g/mol. The summed E-state index contributed by atoms with van der Waals surface area (Å²) in [5.74, 6) is 1.68. The first-order valence-corrected chi connectivity index (χ1v) is 9.20. The molecule has 2 aliphatic heterocycles. The second kappa shape index (κ2) is 6.85. The van der Waals surface area contributed by atoms with Gasteiger partial charge in [-0.3, -0.25) is 14.7 Å². The van der Waals surface area contributed by atoms with Crippen molar-refractivity contribution in [3.05, 3.63) is 39.8 Å². The Balaban J connectivity index is 1.56. The number of anilines is 1. The van der Waals surface area contributed by atoms with E-state index in [9.17, 15) is 4.79 Å². The van der Waals surface area contributed by atoms with Gasteiger partial charge in [0.15, 0.2) is 0 Å². The Morgan fingerprint density at radius 2 is 2.08 bits per heavy atom. The number of rotatable bonds is 3. The van der Waals surface area contributed by atoms with Gasteiger partial charge in [0.1, 0.15) is 5.82 Å². The van der Waals surface area contributed by atoms with Gasteiger partial charge in [0, 0.05) is 51.2 Å². The van der Waals surface area contributed by atoms with E-state index in [2.05, 4.69) is 19.8 Å². The molecule has 0 spiro atoms. The number of imidazole rings is 1. The number of aryl methyl sites for hydroxylation is 1. The molecule has 2 atom stereocenters. The van der Waals surface area contributed by atoms with E-state index >= 15 is 0 Å². The number of aromatic amines is 1. The molecule has 2 aromatic heterocycles. The lowest BCUT2D eigenvalue weighted by molar-refractivity contribution is -0.00576. The van der Waals surface area contributed by atoms with E-state index in [-0.39, 0.29) is 17.8 Å². The Bertz CT molecular complexity index is 834. The third-order valence-corrected chi connectivity index (χ3v) is 5.15. The van der Waals surface area contributed by atoms with Crippen molar-refractivity contribution in [1.29, 1.82) is 0 Å². The van der Waals surface area contributed by atoms with E-state index in [0.29, 0.717) is 12.5 Å². The number of H-pyrrole nitrogens is 1. The Labute approximate surface area is 152 Å². The molecule has 0 radical (unpaired) electrons. The minimum atomic E-state index is -0.00607. The van der Waals surface area contributed by atoms with Crippen molar-refractivity contribution in [3.63, 3.8) is 0 Å². The van der Waals surface area contributed by atoms with Crippen LogP contribution in [0.2, 0.25) is 0 Å². The van der Waals surface area contributed by atoms with Gasteiger partial charge in [-0.2, -0.15) is 0 Å². The standard InChI is InChI=1S/C18H26N6O2/c1-12-8-24(9-13(2)26-12)18-20-15-10-23(6-4-14(15)17(25)21-18)11-16-19-5-7-22(16)3/h5,7,12-13H,4,6,8-11H2,1-3H3,(H,20,21,25). The van der Waals surface area contributed by atoms with Gasteiger partial charge in [-0.25, -0.2) is 9.97 Å². The number of hydrogen-bond acceptors (Lipinski definition) is 6. The zero-order valence-corrected chi connectivity index (χ0v) is 15.6. The minimum absolute atomic E-state index is 0.00607. The fourth-order valence-corrected chi connectivity index (χ4v) is 3.87. The zero-order chi connectivity index (χ0) is 18.3. The monoisotopic (exact) mass is 358 g/mol. The molecule has 2 aromatic rings. The molecule has 26 heavy (non-hydrogen) atoms. The summed E-state index contributed by atoms with van der Waals surface area (Å²) in [6.07, 6.45) is 4.74. The van der Waals surface area contributed by atoms with Crippen molar-refractivity contribution in [2.24, 2.45) is 7.05 Å². The summed E-state index contributed by atoms with van der Waals surface area (Å²) in [4.78, 5) is 29.2. The van der Waals surface area contributed by atoms with Crippen LogP contribution >= 0.6 is 0 Å². The molecule has 1 N–H and O–H groups in total. The molecule has 2 aliphatic rings. The molecule has 8 nitrogen and oxygen atoms in total. The first kappa shape index (κ1) is 17.2. The summed E-state index contributed by atoms with van der Waals surface area (Å²) in [7, 11) is 2.00. The highest BCUT2D eigenvalue weighted by Gasteiger charge is 2.27. The fraction of sp³-hybridized carbons (Fsp3) is 0.611. The molecular formula is C18H26N6O2. The maximum absolute atomic E-state index is 12.6. The van der Waals surface area contributed by atoms with Crippen molar-refractivity contribution in [1.82, 2.24) is 24.4 Å². The molecule has 4 rings (SSSR count). The molecule has 1 fully saturated rings. The number of morpholine rings is 1. The first-order chi connectivity index (χ1) is 12.5. The van der Waals surface area contributed by atoms with Crippen LogP contribution in [0, 0.1) is 0 Å². The van der Waals surface area contributed by atoms with Crippen LogP contribution in [0.15, 0.2) is 17.2 Å². The lowest BCUT2D eigenvalue weighted by Gasteiger charge is -2.36. The molecule has 0 amide bonds. The highest BCUT2D eigenvalue weighted by atomic mass is 16.5. The molecule has 2 unspecified atom stereocenters. The average molecular weight is 358 g/mol. The van der Waals surface area contributed by atoms with Crippen LogP contribution in [0.1, 0.15) is 30.9 Å². The number of nitrogens with one attached hydrogen (secondary N) is 1. The van der Waals surface area contributed by atoms with E-state index in [4.69, 9.17) is 9.72 Å². The van der Waals surface area contributed by atoms with Crippen LogP contribution in [0.3, 0.4) is 0 Å². The van der Waals surface area contributed by atoms with Crippen LogP contribution in [-0.4, -0.2) is 56.3 Å². The van der Waals surface area contributed by atoms with Crippen LogP contribution in [-0.2, 0) is 31.3 Å². The summed E-state index contributed by atoms with van der Waals surface area (Å²) >= 11 is 0. The van der Waals surface area contributed by atoms with Crippen LogP contribution < -0.4 is 10.5 Å². The normalized spacial score (nSPS) is 23.9. The maximum Gasteiger partial charge on any atom is 0.255 e. The topological polar surface area (TPSA) is 79.3 Å². The number of fused-ring (bicyclic) bond motifs is 1. The van der Waals surface area contributed by atoms with Gasteiger partial charge >= 0.3 is 0 Å². The molecule has 0 aromatic carbocycles. The third kappa shape index (κ3) is 3.39. The zero-order valence-electron chi connectivity index (χ0n) is 15.6. The van der Waals surface area contributed by atoms with Gasteiger partial charge in [-0.05, 0) is 20.3 Å². The molecule has 0 bridgehead atoms. The third-order valence-electron chi connectivity index (χ3n) is 5.15. The Kier molecular flexibility index (Phi) is 4.54. The summed E-state index contributed by atoms with van der Waals surface area (Å²) < 4.78 is 7.82. The van der Waals surface area contributed by atoms with Crippen LogP contribution in [0.25, 0.3) is 0 Å². The predicted molar refractivity (Wildman–Crippen MR) is 98.1 cm³/mol. The lowest BCUT2D eigenvalue weighted by Crippen LogP contribution is -2.47. The second-order valence-corrected chi connectivity index (χ2v) is 7.39. The van der Waals surface area contributed by atoms with Crippen molar-refractivity contribution in [3.8, 4) is 0 Å². The molecule has 140 valence electrons. The molecule has 0 aliphatic carbocycles. The molecule has 8 heteroatoms. The van der Waals surface area contributed by atoms with Crippen molar-refractivity contribution < 1.29 is 4.74 Å². The van der Waals surface area contributed by atoms with E-state index in [1.54, 1.807) is 0 Å². The fourth-order valence-electron chi connectivity index (χ4n) is 3.87. The Hall–Kier alpha value is -2.19. The lowest BCUT2D eigenvalue weighted by atomic mass is 10.1. The summed E-state index contributed by atoms with van der Waals surface area (Å²) in [5.41, 5.74) is 1.70. The van der Waals surface area contributed by atoms with Gasteiger partial charge in [0.25, 0.3) is 5.56 Å². The quantitative estimate of drug-likeness (QED) is 0.869. The first-order valence-electron chi connectivity index (χ1n) is 9.20. The van der Waals surface area contributed by atoms with Crippen LogP contribution in [0.5, 0.6) is 0 Å². The summed E-state index contributed by atoms with van der Waals surface area (Å²) in [6.45, 7) is 7.86. The minimum Gasteiger partial charge on any atom is -0.372 e. The van der Waals surface area contributed by atoms with E-state index in [1.807, 2.05) is 37.9 Å². The van der Waals surface area contributed by atoms with Gasteiger partial charge in [-0.1, -0.05) is 0 Å². The van der Waals surface area contributed by atoms with Crippen molar-refractivity contribution in [2.75, 3.05) is 24.5 Å². The maximum atomic E-state index is 12.6. The number of ether oxygens (including phenoxy) is 1. The van der Waals surface area contributed by atoms with Gasteiger partial charge < -0.3 is 14.2 Å². The van der Waals surface area contributed by atoms with Crippen molar-refractivity contribution in [2.45, 2.75) is 45.6 Å². The summed E-state index contributed by atoms with van der Waals surface area (Å²) in [6, 6.07) is 0. The Morgan fingerprint density at radius 1 is 1.31 bits per heavy atom. The number of aromatic nitrogens is 4. The highest BCUT2D eigenvalue weighted by molar-refractivity contribution is 5.35. The van der Waals surface area contributed by atoms with Crippen molar-refractivity contribution >= 4 is 5.95 Å². The summed E-state index contributed by atoms with van der Waals surface area (Å²) in [5, 5.41) is 0. The number of nitrogens with zero attached hydrogens (tertiary/aromatic N) is 5. The Morgan fingerprint density at radius 3 is 2.77 bits per heavy atom. The van der Waals surface area contributed by atoms with Gasteiger partial charge in [0.2, 0.25) is 5.95 Å². The molecule has 4 heterocycles. The van der Waals surface area contributed by atoms with E-state index in [1.165, 1.54) is 0 Å². The molecule has 1 saturated heterocycles. The SMILES string of the molecule is CC1CN(c2nc3c(c(=O)[nH]2)CCN(Cc2nccn2C)C3)CC(C)O1. The molecule has 0 saturated carbocycles. The average Bonchev–Trinajstić information content (AvgIpc) is 2.98.